The van der Waals surface area contributed by atoms with E-state index >= 15 is 0 Å². The zero-order chi connectivity index (χ0) is 10.4. The van der Waals surface area contributed by atoms with Crippen LogP contribution in [0.2, 0.25) is 0 Å². The van der Waals surface area contributed by atoms with Crippen LogP contribution in [-0.2, 0) is 14.1 Å². The zero-order valence-electron chi connectivity index (χ0n) is 8.62. The summed E-state index contributed by atoms with van der Waals surface area (Å²) in [6.45, 7) is 2.76. The smallest absolute Gasteiger partial charge is 0.407 e. The van der Waals surface area contributed by atoms with E-state index in [-0.39, 0.29) is 19.0 Å². The number of amides is 1. The van der Waals surface area contributed by atoms with Crippen LogP contribution in [0, 0.1) is 0 Å². The third-order valence-electron chi connectivity index (χ3n) is 2.00. The van der Waals surface area contributed by atoms with Gasteiger partial charge in [-0.1, -0.05) is 0 Å². The fraction of sp³-hybridized carbons (Fsp3) is 0.875. The van der Waals surface area contributed by atoms with Crippen LogP contribution >= 0.6 is 11.8 Å². The molecule has 0 radical (unpaired) electrons. The lowest BCUT2D eigenvalue weighted by Crippen LogP contribution is -2.46. The van der Waals surface area contributed by atoms with Gasteiger partial charge in [-0.3, -0.25) is 4.79 Å². The summed E-state index contributed by atoms with van der Waals surface area (Å²) in [6.07, 6.45) is 2.92. The lowest BCUT2D eigenvalue weighted by Gasteiger charge is -2.18. The van der Waals surface area contributed by atoms with Gasteiger partial charge in [0.15, 0.2) is 0 Å². The van der Waals surface area contributed by atoms with Gasteiger partial charge in [0.25, 0.3) is 0 Å². The maximum atomic E-state index is 10.9. The van der Waals surface area contributed by atoms with Crippen molar-refractivity contribution in [3.63, 3.8) is 0 Å². The third kappa shape index (κ3) is 3.90. The molecule has 1 atom stereocenters. The second kappa shape index (κ2) is 6.32. The van der Waals surface area contributed by atoms with Crippen molar-refractivity contribution in [3.8, 4) is 0 Å². The lowest BCUT2D eigenvalue weighted by atomic mass is 9.77. The molecule has 0 aromatic rings. The Balaban J connectivity index is 2.37. The fourth-order valence-corrected chi connectivity index (χ4v) is 1.88. The second-order valence-corrected chi connectivity index (χ2v) is 4.18. The Hall–Kier alpha value is -0.195. The topological polar surface area (TPSA) is 47.6 Å². The molecule has 14 heavy (non-hydrogen) atoms. The number of nitrogens with one attached hydrogen (secondary N) is 1. The zero-order valence-corrected chi connectivity index (χ0v) is 9.43. The number of thioether (sulfide) groups is 1. The molecule has 0 aliphatic carbocycles. The molecule has 1 aliphatic heterocycles. The van der Waals surface area contributed by atoms with Gasteiger partial charge in [-0.2, -0.15) is 11.8 Å². The van der Waals surface area contributed by atoms with E-state index in [0.717, 1.165) is 12.2 Å². The molecule has 4 nitrogen and oxygen atoms in total. The Bertz CT molecular complexity index is 187. The van der Waals surface area contributed by atoms with E-state index < -0.39 is 0 Å². The highest BCUT2D eigenvalue weighted by Gasteiger charge is 2.33. The molecule has 80 valence electrons. The molecule has 0 spiro atoms. The third-order valence-corrected chi connectivity index (χ3v) is 2.64. The highest BCUT2D eigenvalue weighted by Crippen LogP contribution is 2.10. The minimum absolute atomic E-state index is 0.0116. The van der Waals surface area contributed by atoms with Crippen molar-refractivity contribution < 1.29 is 14.1 Å². The molecule has 0 bridgehead atoms. The quantitative estimate of drug-likeness (QED) is 0.673. The van der Waals surface area contributed by atoms with Gasteiger partial charge in [-0.15, -0.1) is 0 Å². The standard InChI is InChI=1S/C8H16BNO3S/c1-7(11)10-8(3-6-14-2)9-12-4-5-13-9/h8H,3-6H2,1-2H3,(H,10,11). The highest BCUT2D eigenvalue weighted by atomic mass is 32.2. The Morgan fingerprint density at radius 1 is 1.57 bits per heavy atom. The summed E-state index contributed by atoms with van der Waals surface area (Å²) in [5.41, 5.74) is 0. The van der Waals surface area contributed by atoms with Gasteiger partial charge in [0.1, 0.15) is 0 Å². The van der Waals surface area contributed by atoms with Gasteiger partial charge in [0.2, 0.25) is 5.91 Å². The van der Waals surface area contributed by atoms with Crippen LogP contribution in [0.4, 0.5) is 0 Å². The van der Waals surface area contributed by atoms with Crippen LogP contribution in [0.15, 0.2) is 0 Å². The number of carbonyl (C=O) groups is 1. The van der Waals surface area contributed by atoms with Crippen molar-refractivity contribution in [2.75, 3.05) is 25.2 Å². The van der Waals surface area contributed by atoms with Crippen LogP contribution in [0.25, 0.3) is 0 Å². The summed E-state index contributed by atoms with van der Waals surface area (Å²) in [5, 5.41) is 2.85. The van der Waals surface area contributed by atoms with Gasteiger partial charge in [0.05, 0.1) is 19.2 Å². The van der Waals surface area contributed by atoms with Crippen molar-refractivity contribution >= 4 is 24.8 Å². The van der Waals surface area contributed by atoms with Crippen molar-refractivity contribution in [2.24, 2.45) is 0 Å². The Morgan fingerprint density at radius 2 is 2.21 bits per heavy atom. The monoisotopic (exact) mass is 217 g/mol. The largest absolute Gasteiger partial charge is 0.481 e. The van der Waals surface area contributed by atoms with Crippen LogP contribution in [0.1, 0.15) is 13.3 Å². The maximum Gasteiger partial charge on any atom is 0.481 e. The van der Waals surface area contributed by atoms with E-state index in [1.807, 2.05) is 6.26 Å². The minimum atomic E-state index is -0.258. The first-order valence-electron chi connectivity index (χ1n) is 4.73. The molecule has 1 heterocycles. The summed E-state index contributed by atoms with van der Waals surface area (Å²) in [5.74, 6) is 0.950. The maximum absolute atomic E-state index is 10.9. The Kier molecular flexibility index (Phi) is 5.36. The van der Waals surface area contributed by atoms with Gasteiger partial charge >= 0.3 is 7.12 Å². The summed E-state index contributed by atoms with van der Waals surface area (Å²) >= 11 is 1.75. The molecule has 1 saturated heterocycles. The first-order chi connectivity index (χ1) is 6.74. The summed E-state index contributed by atoms with van der Waals surface area (Å²) in [4.78, 5) is 10.9. The van der Waals surface area contributed by atoms with E-state index in [2.05, 4.69) is 5.32 Å². The summed E-state index contributed by atoms with van der Waals surface area (Å²) < 4.78 is 10.7. The first-order valence-corrected chi connectivity index (χ1v) is 6.12. The van der Waals surface area contributed by atoms with Crippen molar-refractivity contribution in [3.05, 3.63) is 0 Å². The molecule has 1 unspecified atom stereocenters. The minimum Gasteiger partial charge on any atom is -0.407 e. The number of rotatable bonds is 5. The number of hydrogen-bond acceptors (Lipinski definition) is 4. The van der Waals surface area contributed by atoms with E-state index in [0.29, 0.717) is 13.2 Å². The Labute approximate surface area is 89.2 Å². The molecule has 1 N–H and O–H groups in total. The Morgan fingerprint density at radius 3 is 2.71 bits per heavy atom. The predicted molar refractivity (Wildman–Crippen MR) is 58.3 cm³/mol. The average Bonchev–Trinajstić information content (AvgIpc) is 2.64. The van der Waals surface area contributed by atoms with E-state index in [1.54, 1.807) is 11.8 Å². The molecule has 6 heteroatoms. The SMILES string of the molecule is CSCCC(NC(C)=O)B1OCCO1. The molecule has 1 amide bonds. The van der Waals surface area contributed by atoms with E-state index in [4.69, 9.17) is 9.31 Å². The second-order valence-electron chi connectivity index (χ2n) is 3.20. The van der Waals surface area contributed by atoms with Crippen molar-refractivity contribution in [1.29, 1.82) is 0 Å². The number of carbonyl (C=O) groups excluding carboxylic acids is 1. The van der Waals surface area contributed by atoms with Gasteiger partial charge in [0, 0.05) is 6.92 Å². The van der Waals surface area contributed by atoms with Gasteiger partial charge < -0.3 is 14.6 Å². The van der Waals surface area contributed by atoms with Crippen LogP contribution < -0.4 is 5.32 Å². The molecule has 1 aliphatic rings. The van der Waals surface area contributed by atoms with E-state index in [1.165, 1.54) is 6.92 Å². The van der Waals surface area contributed by atoms with Crippen molar-refractivity contribution in [1.82, 2.24) is 5.32 Å². The van der Waals surface area contributed by atoms with Gasteiger partial charge in [-0.05, 0) is 18.4 Å². The molecular weight excluding hydrogens is 201 g/mol. The predicted octanol–water partition coefficient (Wildman–Crippen LogP) is 0.318. The van der Waals surface area contributed by atoms with Crippen LogP contribution in [-0.4, -0.2) is 44.2 Å². The normalized spacial score (nSPS) is 18.3. The molecule has 0 aromatic carbocycles. The van der Waals surface area contributed by atoms with E-state index in [9.17, 15) is 4.79 Å². The molecule has 0 saturated carbocycles. The lowest BCUT2D eigenvalue weighted by molar-refractivity contribution is -0.119. The number of hydrogen-bond donors (Lipinski definition) is 1. The average molecular weight is 217 g/mol. The summed E-state index contributed by atoms with van der Waals surface area (Å²) in [7, 11) is -0.258. The van der Waals surface area contributed by atoms with Crippen LogP contribution in [0.3, 0.4) is 0 Å². The van der Waals surface area contributed by atoms with Crippen LogP contribution in [0.5, 0.6) is 0 Å². The molecule has 1 rings (SSSR count). The summed E-state index contributed by atoms with van der Waals surface area (Å²) in [6, 6.07) is 0. The molecule has 0 aromatic heterocycles. The highest BCUT2D eigenvalue weighted by molar-refractivity contribution is 7.98. The van der Waals surface area contributed by atoms with Crippen molar-refractivity contribution in [2.45, 2.75) is 19.3 Å². The fourth-order valence-electron chi connectivity index (χ4n) is 1.39. The first kappa shape index (κ1) is 11.9. The van der Waals surface area contributed by atoms with Gasteiger partial charge in [-0.25, -0.2) is 0 Å². The molecular formula is C8H16BNO3S. The molecule has 1 fully saturated rings.